The first-order chi connectivity index (χ1) is 14.2. The van der Waals surface area contributed by atoms with E-state index in [0.29, 0.717) is 36.9 Å². The third-order valence-corrected chi connectivity index (χ3v) is 5.52. The Morgan fingerprint density at radius 1 is 1.10 bits per heavy atom. The number of anilines is 1. The van der Waals surface area contributed by atoms with Gasteiger partial charge in [-0.05, 0) is 30.3 Å². The Hall–Kier alpha value is -2.93. The van der Waals surface area contributed by atoms with Gasteiger partial charge < -0.3 is 29.2 Å². The lowest BCUT2D eigenvalue weighted by Gasteiger charge is -2.24. The van der Waals surface area contributed by atoms with Crippen molar-refractivity contribution in [2.75, 3.05) is 45.8 Å². The zero-order valence-electron chi connectivity index (χ0n) is 16.8. The monoisotopic (exact) mass is 399 g/mol. The standard InChI is InChI=1S/C22H26N2O5/c1-26-16-6-8-19(27-2)17(13-16)23-22(25)14-24-9-3-4-18(24)15-5-7-20-21(12-15)29-11-10-28-20/h5-8,12-13,18H,3-4,9-11,14H2,1-2H3,(H,23,25)/p+1/t18-/m1/s1. The highest BCUT2D eigenvalue weighted by molar-refractivity contribution is 5.93. The van der Waals surface area contributed by atoms with Crippen LogP contribution in [0.5, 0.6) is 23.0 Å². The van der Waals surface area contributed by atoms with Gasteiger partial charge in [0.05, 0.1) is 26.5 Å². The molecule has 2 N–H and O–H groups in total. The molecule has 4 rings (SSSR count). The number of carbonyl (C=O) groups excluding carboxylic acids is 1. The van der Waals surface area contributed by atoms with Gasteiger partial charge in [-0.15, -0.1) is 0 Å². The van der Waals surface area contributed by atoms with E-state index >= 15 is 0 Å². The number of methoxy groups -OCH3 is 2. The highest BCUT2D eigenvalue weighted by Gasteiger charge is 2.32. The zero-order valence-corrected chi connectivity index (χ0v) is 16.8. The summed E-state index contributed by atoms with van der Waals surface area (Å²) in [5.74, 6) is 2.83. The van der Waals surface area contributed by atoms with E-state index in [9.17, 15) is 4.79 Å². The van der Waals surface area contributed by atoms with Gasteiger partial charge in [-0.3, -0.25) is 4.79 Å². The van der Waals surface area contributed by atoms with Crippen LogP contribution in [0.2, 0.25) is 0 Å². The van der Waals surface area contributed by atoms with Gasteiger partial charge in [0.25, 0.3) is 5.91 Å². The fourth-order valence-electron chi connectivity index (χ4n) is 4.11. The summed E-state index contributed by atoms with van der Waals surface area (Å²) in [6.45, 7) is 2.50. The molecule has 1 unspecified atom stereocenters. The molecular formula is C22H27N2O5+. The molecule has 2 heterocycles. The topological polar surface area (TPSA) is 70.5 Å². The van der Waals surface area contributed by atoms with Crippen molar-refractivity contribution in [3.8, 4) is 23.0 Å². The van der Waals surface area contributed by atoms with Crippen LogP contribution in [0, 0.1) is 0 Å². The maximum Gasteiger partial charge on any atom is 0.279 e. The summed E-state index contributed by atoms with van der Waals surface area (Å²) in [5.41, 5.74) is 1.81. The summed E-state index contributed by atoms with van der Waals surface area (Å²) in [6.07, 6.45) is 2.13. The summed E-state index contributed by atoms with van der Waals surface area (Å²) in [6, 6.07) is 11.8. The molecule has 1 amide bonds. The van der Waals surface area contributed by atoms with E-state index in [4.69, 9.17) is 18.9 Å². The predicted molar refractivity (Wildman–Crippen MR) is 108 cm³/mol. The number of nitrogens with one attached hydrogen (secondary N) is 2. The second kappa shape index (κ2) is 8.61. The number of hydrogen-bond donors (Lipinski definition) is 2. The average molecular weight is 399 g/mol. The van der Waals surface area contributed by atoms with Crippen LogP contribution in [-0.4, -0.2) is 46.4 Å². The zero-order chi connectivity index (χ0) is 20.2. The third-order valence-electron chi connectivity index (χ3n) is 5.52. The van der Waals surface area contributed by atoms with Gasteiger partial charge in [0.15, 0.2) is 18.0 Å². The summed E-state index contributed by atoms with van der Waals surface area (Å²) < 4.78 is 22.0. The normalized spacial score (nSPS) is 20.2. The molecule has 0 aliphatic carbocycles. The van der Waals surface area contributed by atoms with Crippen LogP contribution in [0.3, 0.4) is 0 Å². The minimum absolute atomic E-state index is 0.0454. The molecule has 0 bridgehead atoms. The molecule has 2 aromatic rings. The molecule has 2 atom stereocenters. The molecule has 7 heteroatoms. The quantitative estimate of drug-likeness (QED) is 0.776. The van der Waals surface area contributed by atoms with Gasteiger partial charge >= 0.3 is 0 Å². The maximum atomic E-state index is 12.8. The lowest BCUT2D eigenvalue weighted by Crippen LogP contribution is -3.11. The highest BCUT2D eigenvalue weighted by Crippen LogP contribution is 2.33. The molecule has 0 radical (unpaired) electrons. The van der Waals surface area contributed by atoms with Gasteiger partial charge in [-0.25, -0.2) is 0 Å². The second-order valence-corrected chi connectivity index (χ2v) is 7.30. The Kier molecular flexibility index (Phi) is 5.76. The molecule has 0 spiro atoms. The first kappa shape index (κ1) is 19.4. The van der Waals surface area contributed by atoms with Gasteiger partial charge in [0, 0.05) is 24.5 Å². The number of carbonyl (C=O) groups is 1. The van der Waals surface area contributed by atoms with E-state index < -0.39 is 0 Å². The molecule has 2 aliphatic heterocycles. The third kappa shape index (κ3) is 4.24. The number of quaternary nitrogens is 1. The molecule has 2 aliphatic rings. The van der Waals surface area contributed by atoms with E-state index in [1.165, 1.54) is 10.5 Å². The van der Waals surface area contributed by atoms with E-state index in [2.05, 4.69) is 17.4 Å². The van der Waals surface area contributed by atoms with Gasteiger partial charge in [-0.1, -0.05) is 0 Å². The van der Waals surface area contributed by atoms with Crippen LogP contribution >= 0.6 is 0 Å². The average Bonchev–Trinajstić information content (AvgIpc) is 3.21. The van der Waals surface area contributed by atoms with Crippen molar-refractivity contribution in [3.63, 3.8) is 0 Å². The van der Waals surface area contributed by atoms with Crippen molar-refractivity contribution in [2.45, 2.75) is 18.9 Å². The number of likely N-dealkylation sites (tertiary alicyclic amines) is 1. The van der Waals surface area contributed by atoms with Crippen LogP contribution in [0.25, 0.3) is 0 Å². The Bertz CT molecular complexity index is 886. The first-order valence-corrected chi connectivity index (χ1v) is 9.94. The molecule has 1 saturated heterocycles. The van der Waals surface area contributed by atoms with Crippen LogP contribution in [0.4, 0.5) is 5.69 Å². The maximum absolute atomic E-state index is 12.8. The first-order valence-electron chi connectivity index (χ1n) is 9.94. The molecule has 0 saturated carbocycles. The van der Waals surface area contributed by atoms with Crippen LogP contribution in [0.15, 0.2) is 36.4 Å². The molecule has 2 aromatic carbocycles. The number of hydrogen-bond acceptors (Lipinski definition) is 5. The summed E-state index contributed by atoms with van der Waals surface area (Å²) in [5, 5.41) is 2.98. The number of ether oxygens (including phenoxy) is 4. The van der Waals surface area contributed by atoms with Crippen molar-refractivity contribution in [2.24, 2.45) is 0 Å². The predicted octanol–water partition coefficient (Wildman–Crippen LogP) is 1.83. The van der Waals surface area contributed by atoms with Gasteiger partial charge in [-0.2, -0.15) is 0 Å². The smallest absolute Gasteiger partial charge is 0.279 e. The molecular weight excluding hydrogens is 372 g/mol. The second-order valence-electron chi connectivity index (χ2n) is 7.30. The van der Waals surface area contributed by atoms with Crippen molar-refractivity contribution < 1.29 is 28.6 Å². The van der Waals surface area contributed by atoms with Gasteiger partial charge in [0.2, 0.25) is 0 Å². The molecule has 7 nitrogen and oxygen atoms in total. The van der Waals surface area contributed by atoms with Crippen molar-refractivity contribution >= 4 is 11.6 Å². The summed E-state index contributed by atoms with van der Waals surface area (Å²) in [4.78, 5) is 14.0. The largest absolute Gasteiger partial charge is 0.497 e. The fraction of sp³-hybridized carbons (Fsp3) is 0.409. The number of rotatable bonds is 6. The van der Waals surface area contributed by atoms with E-state index in [-0.39, 0.29) is 11.9 Å². The Labute approximate surface area is 170 Å². The number of benzene rings is 2. The Morgan fingerprint density at radius 3 is 2.72 bits per heavy atom. The molecule has 154 valence electrons. The Balaban J connectivity index is 1.45. The minimum atomic E-state index is -0.0454. The van der Waals surface area contributed by atoms with Crippen molar-refractivity contribution in [1.29, 1.82) is 0 Å². The van der Waals surface area contributed by atoms with E-state index in [1.807, 2.05) is 6.07 Å². The highest BCUT2D eigenvalue weighted by atomic mass is 16.6. The number of fused-ring (bicyclic) bond motifs is 1. The van der Waals surface area contributed by atoms with Crippen LogP contribution in [0.1, 0.15) is 24.4 Å². The van der Waals surface area contributed by atoms with Crippen molar-refractivity contribution in [3.05, 3.63) is 42.0 Å². The molecule has 0 aromatic heterocycles. The number of amides is 1. The molecule has 29 heavy (non-hydrogen) atoms. The van der Waals surface area contributed by atoms with E-state index in [0.717, 1.165) is 30.9 Å². The summed E-state index contributed by atoms with van der Waals surface area (Å²) >= 11 is 0. The molecule has 1 fully saturated rings. The SMILES string of the molecule is COc1ccc(OC)c(NC(=O)C[NH+]2CCC[C@@H]2c2ccc3c(c2)OCCO3)c1. The minimum Gasteiger partial charge on any atom is -0.497 e. The lowest BCUT2D eigenvalue weighted by molar-refractivity contribution is -0.910. The van der Waals surface area contributed by atoms with Crippen molar-refractivity contribution in [1.82, 2.24) is 0 Å². The Morgan fingerprint density at radius 2 is 1.93 bits per heavy atom. The fourth-order valence-corrected chi connectivity index (χ4v) is 4.11. The lowest BCUT2D eigenvalue weighted by atomic mass is 10.0. The van der Waals surface area contributed by atoms with Crippen LogP contribution in [-0.2, 0) is 4.79 Å². The summed E-state index contributed by atoms with van der Waals surface area (Å²) in [7, 11) is 3.18. The van der Waals surface area contributed by atoms with E-state index in [1.54, 1.807) is 32.4 Å². The van der Waals surface area contributed by atoms with Gasteiger partial charge in [0.1, 0.15) is 30.8 Å². The van der Waals surface area contributed by atoms with Crippen LogP contribution < -0.4 is 29.2 Å².